The van der Waals surface area contributed by atoms with E-state index in [-0.39, 0.29) is 17.6 Å². The maximum atomic E-state index is 6.34. The van der Waals surface area contributed by atoms with E-state index in [9.17, 15) is 0 Å². The number of unbranched alkanes of at least 4 members (excludes halogenated alkanes) is 2. The summed E-state index contributed by atoms with van der Waals surface area (Å²) in [5, 5.41) is 7.83. The first-order valence-corrected chi connectivity index (χ1v) is 20.6. The van der Waals surface area contributed by atoms with Crippen LogP contribution in [0.2, 0.25) is 0 Å². The van der Waals surface area contributed by atoms with E-state index < -0.39 is 0 Å². The molecule has 1 aromatic heterocycles. The number of allylic oxidation sites excluding steroid dienone is 8. The molecule has 5 aromatic rings. The summed E-state index contributed by atoms with van der Waals surface area (Å²) in [4.78, 5) is 0. The van der Waals surface area contributed by atoms with E-state index >= 15 is 0 Å². The quantitative estimate of drug-likeness (QED) is 0.135. The predicted octanol–water partition coefficient (Wildman–Crippen LogP) is 11.6. The number of ether oxygens (including phenoxy) is 2. The lowest BCUT2D eigenvalue weighted by Crippen LogP contribution is -2.17. The molecule has 54 heavy (non-hydrogen) atoms. The smallest absolute Gasteiger partial charge is 0.215 e. The molecule has 0 radical (unpaired) electrons. The molecule has 0 fully saturated rings. The van der Waals surface area contributed by atoms with Crippen molar-refractivity contribution in [1.29, 1.82) is 0 Å². The van der Waals surface area contributed by atoms with E-state index in [2.05, 4.69) is 142 Å². The van der Waals surface area contributed by atoms with Crippen molar-refractivity contribution in [2.24, 2.45) is 5.41 Å². The number of aromatic nitrogens is 1. The van der Waals surface area contributed by atoms with Gasteiger partial charge in [-0.2, -0.15) is 4.58 Å². The molecule has 4 nitrogen and oxygen atoms in total. The Morgan fingerprint density at radius 3 is 2.24 bits per heavy atom. The summed E-state index contributed by atoms with van der Waals surface area (Å²) in [7, 11) is 0. The van der Waals surface area contributed by atoms with Gasteiger partial charge in [0.05, 0.1) is 16.5 Å². The number of aryl methyl sites for hydroxylation is 1. The Kier molecular flexibility index (Phi) is 8.91. The molecule has 0 amide bonds. The zero-order chi connectivity index (χ0) is 37.1. The fourth-order valence-corrected chi connectivity index (χ4v) is 9.80. The van der Waals surface area contributed by atoms with Gasteiger partial charge in [-0.05, 0) is 67.9 Å². The molecule has 4 aliphatic rings. The molecule has 3 aliphatic heterocycles. The standard InChI is InChI=1S/C50H55N2O2/c1-7-9-23-51-42(38-17-13-19-40-46(38)44(51)28-36-25-32(3)53-48(36)40)21-11-15-34-27-35(31-50(5,6)30-34)16-12-22-43-39-18-14-20-41-47(39)45(52(43)24-10-8-2)29-37-26-33(4)54-49(37)41/h11-22,27-29,32-33H,7-10,23-26,30-31H2,1-6H3/q+1/t32-,33-/m0/s1. The molecule has 2 atom stereocenters. The van der Waals surface area contributed by atoms with Gasteiger partial charge < -0.3 is 14.0 Å². The van der Waals surface area contributed by atoms with Crippen LogP contribution >= 0.6 is 0 Å². The van der Waals surface area contributed by atoms with Crippen molar-refractivity contribution in [3.05, 3.63) is 118 Å². The summed E-state index contributed by atoms with van der Waals surface area (Å²) in [5.74, 6) is 2.18. The average Bonchev–Trinajstić information content (AvgIpc) is 3.88. The van der Waals surface area contributed by atoms with E-state index in [1.54, 1.807) is 0 Å². The largest absolute Gasteiger partial charge is 0.489 e. The molecule has 0 spiro atoms. The highest BCUT2D eigenvalue weighted by Crippen LogP contribution is 2.46. The zero-order valence-corrected chi connectivity index (χ0v) is 33.1. The fraction of sp³-hybridized carbons (Fsp3) is 0.380. The van der Waals surface area contributed by atoms with Crippen molar-refractivity contribution in [1.82, 2.24) is 4.57 Å². The first kappa shape index (κ1) is 34.9. The summed E-state index contributed by atoms with van der Waals surface area (Å²) in [6, 6.07) is 18.3. The van der Waals surface area contributed by atoms with Crippen LogP contribution in [-0.4, -0.2) is 33.6 Å². The number of benzene rings is 4. The highest BCUT2D eigenvalue weighted by molar-refractivity contribution is 6.21. The van der Waals surface area contributed by atoms with Crippen LogP contribution < -0.4 is 14.8 Å². The third-order valence-electron chi connectivity index (χ3n) is 12.0. The van der Waals surface area contributed by atoms with E-state index in [0.29, 0.717) is 0 Å². The topological polar surface area (TPSA) is 26.4 Å². The SMILES string of the molecule is CCCCn1/c(=C/C=C/C2=CC(=C/C=C/C3=[N+](CCCC)c4cc5c(c6cccc3c46)O[C@@H](C)C5)/CC(C)(C)C2)c2cccc3c4c(cc1c32)C[C@H](C)O4. The second-order valence-corrected chi connectivity index (χ2v) is 17.1. The molecular weight excluding hydrogens is 661 g/mol. The van der Waals surface area contributed by atoms with Gasteiger partial charge in [0.1, 0.15) is 30.3 Å². The van der Waals surface area contributed by atoms with Gasteiger partial charge in [-0.25, -0.2) is 0 Å². The minimum Gasteiger partial charge on any atom is -0.489 e. The van der Waals surface area contributed by atoms with E-state index in [4.69, 9.17) is 9.47 Å². The second-order valence-electron chi connectivity index (χ2n) is 17.1. The van der Waals surface area contributed by atoms with Gasteiger partial charge in [0, 0.05) is 76.0 Å². The molecular formula is C50H55N2O2+. The number of hydrogen-bond acceptors (Lipinski definition) is 2. The maximum Gasteiger partial charge on any atom is 0.215 e. The van der Waals surface area contributed by atoms with Gasteiger partial charge in [0.25, 0.3) is 0 Å². The molecule has 0 bridgehead atoms. The molecule has 0 N–H and O–H groups in total. The third kappa shape index (κ3) is 6.03. The van der Waals surface area contributed by atoms with Crippen molar-refractivity contribution in [2.75, 3.05) is 6.54 Å². The molecule has 0 saturated carbocycles. The van der Waals surface area contributed by atoms with Crippen molar-refractivity contribution in [2.45, 2.75) is 112 Å². The first-order valence-electron chi connectivity index (χ1n) is 20.6. The Morgan fingerprint density at radius 1 is 0.796 bits per heavy atom. The summed E-state index contributed by atoms with van der Waals surface area (Å²) in [6.07, 6.45) is 25.7. The van der Waals surface area contributed by atoms with Crippen LogP contribution in [-0.2, 0) is 19.4 Å². The maximum absolute atomic E-state index is 6.34. The lowest BCUT2D eigenvalue weighted by molar-refractivity contribution is -0.436. The highest BCUT2D eigenvalue weighted by Gasteiger charge is 2.35. The summed E-state index contributed by atoms with van der Waals surface area (Å²) in [5.41, 5.74) is 11.0. The predicted molar refractivity (Wildman–Crippen MR) is 227 cm³/mol. The van der Waals surface area contributed by atoms with Crippen LogP contribution in [0.25, 0.3) is 38.5 Å². The molecule has 0 saturated heterocycles. The molecule has 9 rings (SSSR count). The van der Waals surface area contributed by atoms with Gasteiger partial charge in [-0.15, -0.1) is 0 Å². The van der Waals surface area contributed by atoms with E-state index in [1.807, 2.05) is 0 Å². The van der Waals surface area contributed by atoms with E-state index in [1.165, 1.54) is 89.9 Å². The first-order chi connectivity index (χ1) is 26.2. The third-order valence-corrected chi connectivity index (χ3v) is 12.0. The Labute approximate surface area is 320 Å². The number of fused-ring (bicyclic) bond motifs is 4. The van der Waals surface area contributed by atoms with Crippen LogP contribution in [0, 0.1) is 5.41 Å². The Balaban J connectivity index is 1.06. The fourth-order valence-electron chi connectivity index (χ4n) is 9.80. The van der Waals surface area contributed by atoms with Gasteiger partial charge in [-0.1, -0.05) is 101 Å². The molecule has 4 heterocycles. The number of nitrogens with zero attached hydrogens (tertiary/aromatic N) is 2. The lowest BCUT2D eigenvalue weighted by atomic mass is 9.75. The minimum absolute atomic E-state index is 0.189. The Morgan fingerprint density at radius 2 is 1.48 bits per heavy atom. The zero-order valence-electron chi connectivity index (χ0n) is 33.1. The molecule has 0 unspecified atom stereocenters. The number of hydrogen-bond donors (Lipinski definition) is 0. The Hall–Kier alpha value is -4.83. The molecule has 4 heteroatoms. The van der Waals surface area contributed by atoms with Crippen LogP contribution in [0.1, 0.15) is 96.8 Å². The van der Waals surface area contributed by atoms with Gasteiger partial charge >= 0.3 is 0 Å². The average molecular weight is 716 g/mol. The highest BCUT2D eigenvalue weighted by atomic mass is 16.5. The summed E-state index contributed by atoms with van der Waals surface area (Å²) >= 11 is 0. The molecule has 4 aromatic carbocycles. The molecule has 276 valence electrons. The van der Waals surface area contributed by atoms with Crippen LogP contribution in [0.15, 0.2) is 96.1 Å². The van der Waals surface area contributed by atoms with Gasteiger partial charge in [-0.3, -0.25) is 0 Å². The Bertz CT molecular complexity index is 2530. The van der Waals surface area contributed by atoms with Crippen LogP contribution in [0.3, 0.4) is 0 Å². The number of rotatable bonds is 10. The second kappa shape index (κ2) is 13.8. The minimum atomic E-state index is 0.189. The summed E-state index contributed by atoms with van der Waals surface area (Å²) in [6.45, 7) is 15.8. The molecule has 1 aliphatic carbocycles. The summed E-state index contributed by atoms with van der Waals surface area (Å²) < 4.78 is 17.8. The van der Waals surface area contributed by atoms with Crippen molar-refractivity contribution >= 4 is 49.9 Å². The van der Waals surface area contributed by atoms with Crippen molar-refractivity contribution in [3.8, 4) is 11.5 Å². The van der Waals surface area contributed by atoms with Crippen molar-refractivity contribution in [3.63, 3.8) is 0 Å². The van der Waals surface area contributed by atoms with Gasteiger partial charge in [0.15, 0.2) is 0 Å². The monoisotopic (exact) mass is 715 g/mol. The van der Waals surface area contributed by atoms with E-state index in [0.717, 1.165) is 63.1 Å². The van der Waals surface area contributed by atoms with Gasteiger partial charge in [0.2, 0.25) is 11.4 Å². The lowest BCUT2D eigenvalue weighted by Gasteiger charge is -2.30. The van der Waals surface area contributed by atoms with Crippen molar-refractivity contribution < 1.29 is 14.0 Å². The normalized spacial score (nSPS) is 21.4. The van der Waals surface area contributed by atoms with Crippen LogP contribution in [0.5, 0.6) is 11.5 Å². The van der Waals surface area contributed by atoms with Crippen LogP contribution in [0.4, 0.5) is 5.69 Å².